The van der Waals surface area contributed by atoms with Gasteiger partial charge in [-0.3, -0.25) is 9.69 Å². The monoisotopic (exact) mass is 254 g/mol. The highest BCUT2D eigenvalue weighted by Crippen LogP contribution is 2.18. The second kappa shape index (κ2) is 5.68. The van der Waals surface area contributed by atoms with Crippen molar-refractivity contribution in [3.8, 4) is 0 Å². The Morgan fingerprint density at radius 2 is 2.18 bits per heavy atom. The molecular formula is C10H17F3N2O2. The molecule has 1 saturated heterocycles. The summed E-state index contributed by atoms with van der Waals surface area (Å²) in [4.78, 5) is 13.9. The van der Waals surface area contributed by atoms with Crippen LogP contribution in [0.2, 0.25) is 0 Å². The van der Waals surface area contributed by atoms with Crippen molar-refractivity contribution in [2.75, 3.05) is 33.3 Å². The van der Waals surface area contributed by atoms with Crippen molar-refractivity contribution in [2.45, 2.75) is 25.1 Å². The molecule has 1 atom stereocenters. The lowest BCUT2D eigenvalue weighted by Gasteiger charge is -2.25. The molecule has 1 fully saturated rings. The Balaban J connectivity index is 2.43. The largest absolute Gasteiger partial charge is 0.406 e. The van der Waals surface area contributed by atoms with E-state index in [1.165, 1.54) is 0 Å². The van der Waals surface area contributed by atoms with E-state index in [4.69, 9.17) is 5.11 Å². The smallest absolute Gasteiger partial charge is 0.395 e. The average molecular weight is 254 g/mol. The normalized spacial score (nSPS) is 21.8. The van der Waals surface area contributed by atoms with Crippen molar-refractivity contribution < 1.29 is 23.1 Å². The van der Waals surface area contributed by atoms with Crippen molar-refractivity contribution in [2.24, 2.45) is 0 Å². The van der Waals surface area contributed by atoms with Crippen LogP contribution in [0.15, 0.2) is 0 Å². The first-order valence-corrected chi connectivity index (χ1v) is 5.49. The molecule has 0 aliphatic carbocycles. The molecule has 1 N–H and O–H groups in total. The second-order valence-electron chi connectivity index (χ2n) is 4.31. The number of carbonyl (C=O) groups excluding carboxylic acids is 1. The van der Waals surface area contributed by atoms with Crippen LogP contribution in [0.1, 0.15) is 12.8 Å². The van der Waals surface area contributed by atoms with Crippen LogP contribution in [0.25, 0.3) is 0 Å². The minimum Gasteiger partial charge on any atom is -0.395 e. The fraction of sp³-hybridized carbons (Fsp3) is 0.900. The van der Waals surface area contributed by atoms with E-state index in [0.29, 0.717) is 11.4 Å². The molecule has 0 unspecified atom stereocenters. The lowest BCUT2D eigenvalue weighted by molar-refractivity contribution is -0.159. The lowest BCUT2D eigenvalue weighted by atomic mass is 10.2. The summed E-state index contributed by atoms with van der Waals surface area (Å²) in [6.45, 7) is -0.700. The molecule has 7 heteroatoms. The molecule has 1 amide bonds. The van der Waals surface area contributed by atoms with Crippen LogP contribution in [0.3, 0.4) is 0 Å². The summed E-state index contributed by atoms with van der Waals surface area (Å²) in [6, 6.07) is -0.0989. The molecular weight excluding hydrogens is 237 g/mol. The highest BCUT2D eigenvalue weighted by molar-refractivity contribution is 5.78. The van der Waals surface area contributed by atoms with Crippen molar-refractivity contribution >= 4 is 5.91 Å². The van der Waals surface area contributed by atoms with E-state index >= 15 is 0 Å². The van der Waals surface area contributed by atoms with Gasteiger partial charge in [0.15, 0.2) is 0 Å². The van der Waals surface area contributed by atoms with Crippen LogP contribution >= 0.6 is 0 Å². The first-order chi connectivity index (χ1) is 7.83. The quantitative estimate of drug-likeness (QED) is 0.793. The highest BCUT2D eigenvalue weighted by Gasteiger charge is 2.33. The third-order valence-corrected chi connectivity index (χ3v) is 2.89. The Hall–Kier alpha value is -0.820. The van der Waals surface area contributed by atoms with Crippen LogP contribution in [-0.2, 0) is 4.79 Å². The zero-order chi connectivity index (χ0) is 13.1. The summed E-state index contributed by atoms with van der Waals surface area (Å²) >= 11 is 0. The SMILES string of the molecule is CN(CC(F)(F)F)C(=O)CN1CCC[C@H]1CO. The molecule has 0 bridgehead atoms. The van der Waals surface area contributed by atoms with Crippen molar-refractivity contribution in [3.63, 3.8) is 0 Å². The van der Waals surface area contributed by atoms with Crippen LogP contribution in [0, 0.1) is 0 Å². The molecule has 100 valence electrons. The maximum Gasteiger partial charge on any atom is 0.406 e. The van der Waals surface area contributed by atoms with Gasteiger partial charge in [-0.05, 0) is 19.4 Å². The third-order valence-electron chi connectivity index (χ3n) is 2.89. The molecule has 1 rings (SSSR count). The van der Waals surface area contributed by atoms with Gasteiger partial charge in [-0.15, -0.1) is 0 Å². The molecule has 0 aromatic rings. The summed E-state index contributed by atoms with van der Waals surface area (Å²) in [5.41, 5.74) is 0. The van der Waals surface area contributed by atoms with Crippen LogP contribution in [-0.4, -0.2) is 66.3 Å². The predicted molar refractivity (Wildman–Crippen MR) is 55.4 cm³/mol. The fourth-order valence-corrected chi connectivity index (χ4v) is 1.96. The molecule has 1 aliphatic heterocycles. The first kappa shape index (κ1) is 14.2. The van der Waals surface area contributed by atoms with E-state index in [0.717, 1.165) is 19.9 Å². The summed E-state index contributed by atoms with van der Waals surface area (Å²) < 4.78 is 36.2. The summed E-state index contributed by atoms with van der Waals surface area (Å²) in [5, 5.41) is 9.03. The Morgan fingerprint density at radius 1 is 1.53 bits per heavy atom. The van der Waals surface area contributed by atoms with Crippen molar-refractivity contribution in [3.05, 3.63) is 0 Å². The molecule has 0 aromatic carbocycles. The molecule has 1 heterocycles. The Labute approximate surface area is 98.0 Å². The minimum absolute atomic E-state index is 0.0577. The fourth-order valence-electron chi connectivity index (χ4n) is 1.96. The van der Waals surface area contributed by atoms with E-state index in [2.05, 4.69) is 0 Å². The first-order valence-electron chi connectivity index (χ1n) is 5.49. The van der Waals surface area contributed by atoms with Gasteiger partial charge in [0.1, 0.15) is 6.54 Å². The number of aliphatic hydroxyl groups is 1. The second-order valence-corrected chi connectivity index (χ2v) is 4.31. The number of likely N-dealkylation sites (N-methyl/N-ethyl adjacent to an activating group) is 1. The van der Waals surface area contributed by atoms with Crippen LogP contribution < -0.4 is 0 Å². The van der Waals surface area contributed by atoms with Gasteiger partial charge in [-0.2, -0.15) is 13.2 Å². The lowest BCUT2D eigenvalue weighted by Crippen LogP contribution is -2.44. The number of hydrogen-bond acceptors (Lipinski definition) is 3. The number of halogens is 3. The van der Waals surface area contributed by atoms with Gasteiger partial charge in [0.25, 0.3) is 0 Å². The molecule has 0 spiro atoms. The van der Waals surface area contributed by atoms with Gasteiger partial charge in [0.2, 0.25) is 5.91 Å². The zero-order valence-electron chi connectivity index (χ0n) is 9.70. The summed E-state index contributed by atoms with van der Waals surface area (Å²) in [7, 11) is 1.14. The summed E-state index contributed by atoms with van der Waals surface area (Å²) in [5.74, 6) is -0.567. The van der Waals surface area contributed by atoms with E-state index in [-0.39, 0.29) is 19.2 Å². The number of carbonyl (C=O) groups is 1. The van der Waals surface area contributed by atoms with Gasteiger partial charge >= 0.3 is 6.18 Å². The molecule has 0 saturated carbocycles. The third kappa shape index (κ3) is 4.51. The maximum atomic E-state index is 12.1. The Morgan fingerprint density at radius 3 is 2.71 bits per heavy atom. The summed E-state index contributed by atoms with van der Waals surface area (Å²) in [6.07, 6.45) is -2.72. The number of likely N-dealkylation sites (tertiary alicyclic amines) is 1. The number of alkyl halides is 3. The van der Waals surface area contributed by atoms with Crippen molar-refractivity contribution in [1.82, 2.24) is 9.80 Å². The van der Waals surface area contributed by atoms with Crippen LogP contribution in [0.4, 0.5) is 13.2 Å². The molecule has 17 heavy (non-hydrogen) atoms. The molecule has 1 aliphatic rings. The van der Waals surface area contributed by atoms with Crippen molar-refractivity contribution in [1.29, 1.82) is 0 Å². The van der Waals surface area contributed by atoms with Gasteiger partial charge in [0.05, 0.1) is 13.2 Å². The topological polar surface area (TPSA) is 43.8 Å². The number of amides is 1. The molecule has 0 aromatic heterocycles. The van der Waals surface area contributed by atoms with Gasteiger partial charge in [-0.1, -0.05) is 0 Å². The minimum atomic E-state index is -4.37. The van der Waals surface area contributed by atoms with E-state index < -0.39 is 18.6 Å². The van der Waals surface area contributed by atoms with E-state index in [1.807, 2.05) is 0 Å². The number of nitrogens with zero attached hydrogens (tertiary/aromatic N) is 2. The highest BCUT2D eigenvalue weighted by atomic mass is 19.4. The van der Waals surface area contributed by atoms with E-state index in [9.17, 15) is 18.0 Å². The standard InChI is InChI=1S/C10H17F3N2O2/c1-14(7-10(11,12)13)9(17)5-15-4-2-3-8(15)6-16/h8,16H,2-7H2,1H3/t8-/m0/s1. The predicted octanol–water partition coefficient (Wildman–Crippen LogP) is 0.464. The number of aliphatic hydroxyl groups excluding tert-OH is 1. The Kier molecular flexibility index (Phi) is 4.76. The van der Waals surface area contributed by atoms with Gasteiger partial charge in [0, 0.05) is 13.1 Å². The number of rotatable bonds is 4. The van der Waals surface area contributed by atoms with E-state index in [1.54, 1.807) is 4.90 Å². The van der Waals surface area contributed by atoms with Gasteiger partial charge in [-0.25, -0.2) is 0 Å². The molecule has 4 nitrogen and oxygen atoms in total. The Bertz CT molecular complexity index is 271. The molecule has 0 radical (unpaired) electrons. The maximum absolute atomic E-state index is 12.1. The zero-order valence-corrected chi connectivity index (χ0v) is 9.70. The van der Waals surface area contributed by atoms with Crippen LogP contribution in [0.5, 0.6) is 0 Å². The average Bonchev–Trinajstić information content (AvgIpc) is 2.62. The van der Waals surface area contributed by atoms with Gasteiger partial charge < -0.3 is 10.0 Å². The number of hydrogen-bond donors (Lipinski definition) is 1.